The summed E-state index contributed by atoms with van der Waals surface area (Å²) >= 11 is 3.25. The summed E-state index contributed by atoms with van der Waals surface area (Å²) < 4.78 is 19.5. The summed E-state index contributed by atoms with van der Waals surface area (Å²) in [5, 5.41) is 0. The van der Waals surface area contributed by atoms with Gasteiger partial charge in [0, 0.05) is 22.4 Å². The minimum Gasteiger partial charge on any atom is -0.453 e. The molecule has 0 fully saturated rings. The van der Waals surface area contributed by atoms with E-state index in [0.29, 0.717) is 11.4 Å². The summed E-state index contributed by atoms with van der Waals surface area (Å²) in [5.74, 6) is 0.0760. The Morgan fingerprint density at radius 3 is 2.75 bits per heavy atom. The predicted molar refractivity (Wildman–Crippen MR) is 62.8 cm³/mol. The van der Waals surface area contributed by atoms with Gasteiger partial charge in [-0.15, -0.1) is 0 Å². The van der Waals surface area contributed by atoms with Crippen LogP contribution in [-0.2, 0) is 0 Å². The van der Waals surface area contributed by atoms with Crippen molar-refractivity contribution >= 4 is 21.6 Å². The predicted octanol–water partition coefficient (Wildman–Crippen LogP) is 3.36. The highest BCUT2D eigenvalue weighted by atomic mass is 79.9. The number of ether oxygens (including phenoxy) is 1. The van der Waals surface area contributed by atoms with Crippen LogP contribution in [-0.4, -0.2) is 4.98 Å². The first kappa shape index (κ1) is 10.9. The van der Waals surface area contributed by atoms with Crippen LogP contribution >= 0.6 is 15.9 Å². The largest absolute Gasteiger partial charge is 0.453 e. The van der Waals surface area contributed by atoms with Crippen LogP contribution < -0.4 is 10.5 Å². The fourth-order valence-corrected chi connectivity index (χ4v) is 1.52. The number of pyridine rings is 1. The van der Waals surface area contributed by atoms with Crippen molar-refractivity contribution in [2.45, 2.75) is 0 Å². The van der Waals surface area contributed by atoms with Gasteiger partial charge in [0.05, 0.1) is 6.20 Å². The molecule has 0 bridgehead atoms. The highest BCUT2D eigenvalue weighted by Gasteiger charge is 2.05. The molecule has 2 N–H and O–H groups in total. The van der Waals surface area contributed by atoms with Crippen molar-refractivity contribution in [3.05, 3.63) is 46.9 Å². The Morgan fingerprint density at radius 2 is 2.06 bits per heavy atom. The molecule has 2 aromatic rings. The van der Waals surface area contributed by atoms with E-state index >= 15 is 0 Å². The minimum atomic E-state index is -0.500. The topological polar surface area (TPSA) is 48.1 Å². The third-order valence-corrected chi connectivity index (χ3v) is 2.30. The Balaban J connectivity index is 2.27. The number of anilines is 1. The fourth-order valence-electron chi connectivity index (χ4n) is 1.18. The highest BCUT2D eigenvalue weighted by Crippen LogP contribution is 2.26. The quantitative estimate of drug-likeness (QED) is 0.860. The van der Waals surface area contributed by atoms with Crippen LogP contribution in [0.15, 0.2) is 41.1 Å². The standard InChI is InChI=1S/C11H8BrFN2O/c12-7-3-9(6-15-5-7)16-11-2-1-8(14)4-10(11)13/h1-6H,14H2. The molecule has 0 spiro atoms. The fraction of sp³-hybridized carbons (Fsp3) is 0. The summed E-state index contributed by atoms with van der Waals surface area (Å²) in [4.78, 5) is 3.91. The summed E-state index contributed by atoms with van der Waals surface area (Å²) in [6, 6.07) is 5.96. The van der Waals surface area contributed by atoms with E-state index in [1.165, 1.54) is 18.3 Å². The first-order chi connectivity index (χ1) is 7.65. The lowest BCUT2D eigenvalue weighted by Gasteiger charge is -2.06. The van der Waals surface area contributed by atoms with E-state index in [9.17, 15) is 4.39 Å². The van der Waals surface area contributed by atoms with Crippen molar-refractivity contribution in [2.24, 2.45) is 0 Å². The van der Waals surface area contributed by atoms with Crippen LogP contribution in [0.3, 0.4) is 0 Å². The second-order valence-electron chi connectivity index (χ2n) is 3.13. The van der Waals surface area contributed by atoms with E-state index in [4.69, 9.17) is 10.5 Å². The van der Waals surface area contributed by atoms with Crippen molar-refractivity contribution in [1.29, 1.82) is 0 Å². The Kier molecular flexibility index (Phi) is 3.05. The first-order valence-corrected chi connectivity index (χ1v) is 5.28. The third kappa shape index (κ3) is 2.49. The normalized spacial score (nSPS) is 10.1. The monoisotopic (exact) mass is 282 g/mol. The summed E-state index contributed by atoms with van der Waals surface area (Å²) in [5.41, 5.74) is 5.79. The molecule has 16 heavy (non-hydrogen) atoms. The van der Waals surface area contributed by atoms with Gasteiger partial charge in [-0.3, -0.25) is 4.98 Å². The molecule has 0 atom stereocenters. The van der Waals surface area contributed by atoms with Crippen LogP contribution in [0.5, 0.6) is 11.5 Å². The van der Waals surface area contributed by atoms with Gasteiger partial charge in [0.15, 0.2) is 11.6 Å². The molecule has 5 heteroatoms. The zero-order chi connectivity index (χ0) is 11.5. The van der Waals surface area contributed by atoms with Gasteiger partial charge in [-0.05, 0) is 34.1 Å². The average molecular weight is 283 g/mol. The van der Waals surface area contributed by atoms with Gasteiger partial charge in [-0.1, -0.05) is 0 Å². The molecular weight excluding hydrogens is 275 g/mol. The van der Waals surface area contributed by atoms with Crippen molar-refractivity contribution < 1.29 is 9.13 Å². The van der Waals surface area contributed by atoms with E-state index < -0.39 is 5.82 Å². The summed E-state index contributed by atoms with van der Waals surface area (Å²) in [7, 11) is 0. The molecule has 0 amide bonds. The SMILES string of the molecule is Nc1ccc(Oc2cncc(Br)c2)c(F)c1. The van der Waals surface area contributed by atoms with Gasteiger partial charge in [0.25, 0.3) is 0 Å². The van der Waals surface area contributed by atoms with Gasteiger partial charge < -0.3 is 10.5 Å². The Hall–Kier alpha value is -1.62. The Bertz CT molecular complexity index is 519. The minimum absolute atomic E-state index is 0.120. The van der Waals surface area contributed by atoms with Crippen LogP contribution in [0.2, 0.25) is 0 Å². The molecule has 0 saturated carbocycles. The van der Waals surface area contributed by atoms with Gasteiger partial charge >= 0.3 is 0 Å². The molecule has 0 aliphatic rings. The van der Waals surface area contributed by atoms with E-state index in [1.807, 2.05) is 0 Å². The highest BCUT2D eigenvalue weighted by molar-refractivity contribution is 9.10. The second-order valence-corrected chi connectivity index (χ2v) is 4.05. The molecule has 1 heterocycles. The number of benzene rings is 1. The van der Waals surface area contributed by atoms with Crippen LogP contribution in [0, 0.1) is 5.82 Å². The number of hydrogen-bond acceptors (Lipinski definition) is 3. The molecule has 1 aromatic heterocycles. The van der Waals surface area contributed by atoms with E-state index in [-0.39, 0.29) is 5.75 Å². The lowest BCUT2D eigenvalue weighted by Crippen LogP contribution is -1.91. The van der Waals surface area contributed by atoms with Crippen LogP contribution in [0.1, 0.15) is 0 Å². The lowest BCUT2D eigenvalue weighted by atomic mass is 10.3. The molecule has 3 nitrogen and oxygen atoms in total. The van der Waals surface area contributed by atoms with E-state index in [1.54, 1.807) is 18.3 Å². The number of nitrogens with zero attached hydrogens (tertiary/aromatic N) is 1. The van der Waals surface area contributed by atoms with Crippen molar-refractivity contribution in [3.8, 4) is 11.5 Å². The molecule has 0 aliphatic carbocycles. The lowest BCUT2D eigenvalue weighted by molar-refractivity contribution is 0.440. The smallest absolute Gasteiger partial charge is 0.167 e. The molecule has 0 unspecified atom stereocenters. The maximum Gasteiger partial charge on any atom is 0.167 e. The van der Waals surface area contributed by atoms with Crippen molar-refractivity contribution in [2.75, 3.05) is 5.73 Å². The van der Waals surface area contributed by atoms with Crippen LogP contribution in [0.25, 0.3) is 0 Å². The van der Waals surface area contributed by atoms with Gasteiger partial charge in [0.2, 0.25) is 0 Å². The molecule has 0 aliphatic heterocycles. The van der Waals surface area contributed by atoms with E-state index in [2.05, 4.69) is 20.9 Å². The summed E-state index contributed by atoms with van der Waals surface area (Å²) in [6.07, 6.45) is 3.12. The number of nitrogens with two attached hydrogens (primary N) is 1. The van der Waals surface area contributed by atoms with Crippen molar-refractivity contribution in [1.82, 2.24) is 4.98 Å². The van der Waals surface area contributed by atoms with Gasteiger partial charge in [-0.2, -0.15) is 0 Å². The number of hydrogen-bond donors (Lipinski definition) is 1. The zero-order valence-corrected chi connectivity index (χ0v) is 9.74. The molecular formula is C11H8BrFN2O. The average Bonchev–Trinajstić information content (AvgIpc) is 2.22. The molecule has 0 radical (unpaired) electrons. The molecule has 1 aromatic carbocycles. The number of nitrogen functional groups attached to an aromatic ring is 1. The Labute approximate surface area is 100 Å². The number of rotatable bonds is 2. The molecule has 2 rings (SSSR count). The number of aromatic nitrogens is 1. The molecule has 82 valence electrons. The van der Waals surface area contributed by atoms with Gasteiger partial charge in [-0.25, -0.2) is 4.39 Å². The Morgan fingerprint density at radius 1 is 1.25 bits per heavy atom. The zero-order valence-electron chi connectivity index (χ0n) is 8.15. The van der Waals surface area contributed by atoms with Crippen molar-refractivity contribution in [3.63, 3.8) is 0 Å². The number of halogens is 2. The third-order valence-electron chi connectivity index (χ3n) is 1.86. The first-order valence-electron chi connectivity index (χ1n) is 4.48. The maximum absolute atomic E-state index is 13.4. The summed E-state index contributed by atoms with van der Waals surface area (Å²) in [6.45, 7) is 0. The van der Waals surface area contributed by atoms with Gasteiger partial charge in [0.1, 0.15) is 5.75 Å². The maximum atomic E-state index is 13.4. The van der Waals surface area contributed by atoms with E-state index in [0.717, 1.165) is 4.47 Å². The molecule has 0 saturated heterocycles. The van der Waals surface area contributed by atoms with Crippen LogP contribution in [0.4, 0.5) is 10.1 Å². The second kappa shape index (κ2) is 4.49.